The van der Waals surface area contributed by atoms with Crippen LogP contribution >= 0.6 is 0 Å². The molecule has 1 atom stereocenters. The van der Waals surface area contributed by atoms with Crippen molar-refractivity contribution < 1.29 is 24.9 Å². The van der Waals surface area contributed by atoms with Gasteiger partial charge in [0.15, 0.2) is 0 Å². The molecule has 20 heavy (non-hydrogen) atoms. The van der Waals surface area contributed by atoms with E-state index >= 15 is 0 Å². The second-order valence-corrected chi connectivity index (χ2v) is 4.09. The lowest BCUT2D eigenvalue weighted by Gasteiger charge is -2.11. The second kappa shape index (κ2) is 6.98. The van der Waals surface area contributed by atoms with Gasteiger partial charge >= 0.3 is 5.97 Å². The van der Waals surface area contributed by atoms with Crippen molar-refractivity contribution in [3.8, 4) is 5.75 Å². The van der Waals surface area contributed by atoms with E-state index in [4.69, 9.17) is 15.3 Å². The second-order valence-electron chi connectivity index (χ2n) is 4.09. The first-order chi connectivity index (χ1) is 9.38. The molecule has 1 aromatic carbocycles. The van der Waals surface area contributed by atoms with E-state index in [1.165, 1.54) is 24.3 Å². The molecule has 0 spiro atoms. The minimum Gasteiger partial charge on any atom is -0.513 e. The van der Waals surface area contributed by atoms with Gasteiger partial charge in [0, 0.05) is 12.5 Å². The first kappa shape index (κ1) is 15.3. The molecule has 0 aliphatic heterocycles. The summed E-state index contributed by atoms with van der Waals surface area (Å²) in [6.07, 6.45) is 2.39. The molecule has 4 N–H and O–H groups in total. The number of aliphatic carboxylic acids is 1. The predicted octanol–water partition coefficient (Wildman–Crippen LogP) is 1.44. The summed E-state index contributed by atoms with van der Waals surface area (Å²) >= 11 is 0. The number of hydrogen-bond donors (Lipinski definition) is 4. The molecule has 6 nitrogen and oxygen atoms in total. The van der Waals surface area contributed by atoms with E-state index in [-0.39, 0.29) is 17.9 Å². The number of carbonyl (C=O) groups is 2. The molecule has 0 aliphatic carbocycles. The third-order valence-electron chi connectivity index (χ3n) is 2.37. The number of benzene rings is 1. The summed E-state index contributed by atoms with van der Waals surface area (Å²) in [6.45, 7) is 3.19. The van der Waals surface area contributed by atoms with Gasteiger partial charge in [-0.2, -0.15) is 0 Å². The van der Waals surface area contributed by atoms with E-state index in [0.29, 0.717) is 5.56 Å². The lowest BCUT2D eigenvalue weighted by molar-refractivity contribution is -0.141. The highest BCUT2D eigenvalue weighted by Crippen LogP contribution is 2.10. The van der Waals surface area contributed by atoms with Gasteiger partial charge in [0.2, 0.25) is 5.91 Å². The summed E-state index contributed by atoms with van der Waals surface area (Å²) in [5, 5.41) is 29.2. The highest BCUT2D eigenvalue weighted by molar-refractivity contribution is 5.94. The molecular formula is C14H15NO5. The fourth-order valence-electron chi connectivity index (χ4n) is 1.41. The molecule has 1 amide bonds. The van der Waals surface area contributed by atoms with Crippen LogP contribution in [0.25, 0.3) is 6.08 Å². The molecule has 0 bridgehead atoms. The minimum atomic E-state index is -1.26. The highest BCUT2D eigenvalue weighted by atomic mass is 16.4. The fraction of sp³-hybridized carbons (Fsp3) is 0.143. The Morgan fingerprint density at radius 3 is 2.35 bits per heavy atom. The summed E-state index contributed by atoms with van der Waals surface area (Å²) in [6, 6.07) is 4.90. The number of carbonyl (C=O) groups excluding carboxylic acids is 1. The number of aromatic hydroxyl groups is 1. The van der Waals surface area contributed by atoms with Gasteiger partial charge < -0.3 is 20.6 Å². The van der Waals surface area contributed by atoms with Crippen LogP contribution in [-0.4, -0.2) is 33.2 Å². The zero-order valence-corrected chi connectivity index (χ0v) is 10.6. The Labute approximate surface area is 115 Å². The molecular weight excluding hydrogens is 262 g/mol. The van der Waals surface area contributed by atoms with Crippen molar-refractivity contribution >= 4 is 18.0 Å². The van der Waals surface area contributed by atoms with Gasteiger partial charge in [-0.05, 0) is 23.8 Å². The first-order valence-electron chi connectivity index (χ1n) is 5.75. The highest BCUT2D eigenvalue weighted by Gasteiger charge is 2.19. The van der Waals surface area contributed by atoms with Crippen LogP contribution in [0.3, 0.4) is 0 Å². The van der Waals surface area contributed by atoms with E-state index < -0.39 is 17.9 Å². The maximum Gasteiger partial charge on any atom is 0.326 e. The zero-order chi connectivity index (χ0) is 15.1. The Morgan fingerprint density at radius 1 is 1.25 bits per heavy atom. The van der Waals surface area contributed by atoms with Gasteiger partial charge in [-0.15, -0.1) is 0 Å². The average Bonchev–Trinajstić information content (AvgIpc) is 2.36. The van der Waals surface area contributed by atoms with Crippen molar-refractivity contribution in [3.05, 3.63) is 48.2 Å². The van der Waals surface area contributed by atoms with Crippen molar-refractivity contribution in [2.45, 2.75) is 12.5 Å². The molecule has 1 rings (SSSR count). The third kappa shape index (κ3) is 5.26. The normalized spacial score (nSPS) is 12.0. The number of phenols is 1. The molecule has 6 heteroatoms. The van der Waals surface area contributed by atoms with E-state index in [1.807, 2.05) is 0 Å². The van der Waals surface area contributed by atoms with Crippen molar-refractivity contribution in [2.75, 3.05) is 0 Å². The molecule has 106 valence electrons. The number of carboxylic acids is 1. The van der Waals surface area contributed by atoms with Crippen molar-refractivity contribution in [3.63, 3.8) is 0 Å². The lowest BCUT2D eigenvalue weighted by Crippen LogP contribution is -2.40. The SMILES string of the molecule is C=C(O)CC(NC(=O)/C=C/c1ccc(O)cc1)C(=O)O. The summed E-state index contributed by atoms with van der Waals surface area (Å²) < 4.78 is 0. The molecule has 0 aromatic heterocycles. The number of carboxylic acid groups (broad SMARTS) is 1. The molecule has 0 heterocycles. The molecule has 0 saturated heterocycles. The Morgan fingerprint density at radius 2 is 1.85 bits per heavy atom. The van der Waals surface area contributed by atoms with E-state index in [9.17, 15) is 9.59 Å². The average molecular weight is 277 g/mol. The third-order valence-corrected chi connectivity index (χ3v) is 2.37. The van der Waals surface area contributed by atoms with Gasteiger partial charge in [0.25, 0.3) is 0 Å². The molecule has 0 saturated carbocycles. The standard InChI is InChI=1S/C14H15NO5/c1-9(16)8-12(14(19)20)15-13(18)7-4-10-2-5-11(17)6-3-10/h2-7,12,16-17H,1,8H2,(H,15,18)(H,19,20)/b7-4+. The number of amides is 1. The summed E-state index contributed by atoms with van der Waals surface area (Å²) in [5.74, 6) is -2.07. The van der Waals surface area contributed by atoms with Crippen LogP contribution < -0.4 is 5.32 Å². The number of rotatable bonds is 6. The van der Waals surface area contributed by atoms with Crippen LogP contribution in [-0.2, 0) is 9.59 Å². The minimum absolute atomic E-state index is 0.110. The van der Waals surface area contributed by atoms with Gasteiger partial charge in [-0.1, -0.05) is 18.7 Å². The molecule has 0 radical (unpaired) electrons. The van der Waals surface area contributed by atoms with Gasteiger partial charge in [0.1, 0.15) is 11.8 Å². The van der Waals surface area contributed by atoms with Crippen molar-refractivity contribution in [1.82, 2.24) is 5.32 Å². The summed E-state index contributed by atoms with van der Waals surface area (Å²) in [5.41, 5.74) is 0.677. The molecule has 0 aliphatic rings. The smallest absolute Gasteiger partial charge is 0.326 e. The number of aliphatic hydroxyl groups excluding tert-OH is 1. The summed E-state index contributed by atoms with van der Waals surface area (Å²) in [7, 11) is 0. The predicted molar refractivity (Wildman–Crippen MR) is 73.1 cm³/mol. The number of nitrogens with one attached hydrogen (secondary N) is 1. The largest absolute Gasteiger partial charge is 0.513 e. The van der Waals surface area contributed by atoms with Gasteiger partial charge in [0.05, 0.1) is 5.76 Å². The Kier molecular flexibility index (Phi) is 5.34. The maximum atomic E-state index is 11.6. The summed E-state index contributed by atoms with van der Waals surface area (Å²) in [4.78, 5) is 22.4. The van der Waals surface area contributed by atoms with Crippen LogP contribution in [0.15, 0.2) is 42.7 Å². The number of phenolic OH excluding ortho intramolecular Hbond substituents is 1. The zero-order valence-electron chi connectivity index (χ0n) is 10.6. The van der Waals surface area contributed by atoms with Crippen LogP contribution in [0.4, 0.5) is 0 Å². The topological polar surface area (TPSA) is 107 Å². The number of hydrogen-bond acceptors (Lipinski definition) is 4. The van der Waals surface area contributed by atoms with Gasteiger partial charge in [-0.3, -0.25) is 4.79 Å². The molecule has 1 aromatic rings. The van der Waals surface area contributed by atoms with Crippen LogP contribution in [0, 0.1) is 0 Å². The van der Waals surface area contributed by atoms with Crippen molar-refractivity contribution in [1.29, 1.82) is 0 Å². The fourth-order valence-corrected chi connectivity index (χ4v) is 1.41. The number of aliphatic hydroxyl groups is 1. The van der Waals surface area contributed by atoms with Crippen LogP contribution in [0.5, 0.6) is 5.75 Å². The van der Waals surface area contributed by atoms with Crippen LogP contribution in [0.1, 0.15) is 12.0 Å². The first-order valence-corrected chi connectivity index (χ1v) is 5.75. The van der Waals surface area contributed by atoms with E-state index in [0.717, 1.165) is 0 Å². The van der Waals surface area contributed by atoms with E-state index in [2.05, 4.69) is 11.9 Å². The Bertz CT molecular complexity index is 533. The maximum absolute atomic E-state index is 11.6. The lowest BCUT2D eigenvalue weighted by atomic mass is 10.1. The van der Waals surface area contributed by atoms with Crippen LogP contribution in [0.2, 0.25) is 0 Å². The Balaban J connectivity index is 2.63. The Hall–Kier alpha value is -2.76. The molecule has 0 fully saturated rings. The monoisotopic (exact) mass is 277 g/mol. The van der Waals surface area contributed by atoms with Gasteiger partial charge in [-0.25, -0.2) is 4.79 Å². The van der Waals surface area contributed by atoms with E-state index in [1.54, 1.807) is 12.1 Å². The molecule has 1 unspecified atom stereocenters. The van der Waals surface area contributed by atoms with Crippen molar-refractivity contribution in [2.24, 2.45) is 0 Å². The quantitative estimate of drug-likeness (QED) is 0.465.